The topological polar surface area (TPSA) is 115 Å². The first kappa shape index (κ1) is 30.8. The van der Waals surface area contributed by atoms with Crippen LogP contribution in [0.4, 0.5) is 0 Å². The summed E-state index contributed by atoms with van der Waals surface area (Å²) in [5.74, 6) is 1.28. The normalized spacial score (nSPS) is 28.7. The zero-order valence-electron chi connectivity index (χ0n) is 25.3. The Labute approximate surface area is 249 Å². The molecule has 4 aliphatic rings. The van der Waals surface area contributed by atoms with Crippen LogP contribution in [0.5, 0.6) is 5.75 Å². The number of fused-ring (bicyclic) bond motifs is 1. The fourth-order valence-electron chi connectivity index (χ4n) is 6.85. The molecule has 230 valence electrons. The molecule has 6 atom stereocenters. The number of hydrogen-bond acceptors (Lipinski definition) is 8. The average Bonchev–Trinajstić information content (AvgIpc) is 3.88. The van der Waals surface area contributed by atoms with Gasteiger partial charge >= 0.3 is 0 Å². The van der Waals surface area contributed by atoms with Gasteiger partial charge in [-0.25, -0.2) is 0 Å². The Kier molecular flexibility index (Phi) is 9.80. The van der Waals surface area contributed by atoms with E-state index in [2.05, 4.69) is 5.32 Å². The van der Waals surface area contributed by atoms with E-state index in [1.54, 1.807) is 14.0 Å². The maximum Gasteiger partial charge on any atom is 0.223 e. The molecule has 0 spiro atoms. The van der Waals surface area contributed by atoms with Gasteiger partial charge in [-0.3, -0.25) is 24.1 Å². The molecule has 2 aliphatic heterocycles. The Bertz CT molecular complexity index is 1130. The number of epoxide rings is 1. The first-order chi connectivity index (χ1) is 20.1. The Morgan fingerprint density at radius 3 is 2.33 bits per heavy atom. The highest BCUT2D eigenvalue weighted by atomic mass is 16.6. The van der Waals surface area contributed by atoms with Crippen LogP contribution in [0.2, 0.25) is 0 Å². The summed E-state index contributed by atoms with van der Waals surface area (Å²) in [4.78, 5) is 55.5. The summed E-state index contributed by atoms with van der Waals surface area (Å²) in [6.07, 6.45) is 4.77. The zero-order chi connectivity index (χ0) is 29.9. The second-order valence-electron chi connectivity index (χ2n) is 13.2. The Hall–Kier alpha value is -2.62. The highest BCUT2D eigenvalue weighted by molar-refractivity contribution is 5.97. The van der Waals surface area contributed by atoms with Crippen molar-refractivity contribution in [1.29, 1.82) is 0 Å². The number of rotatable bonds is 16. The smallest absolute Gasteiger partial charge is 0.223 e. The molecular formula is C33H46N2O7. The number of Topliss-reactive ketones (excluding diaryl/α,β-unsaturated/α-hetero) is 3. The molecule has 1 aromatic carbocycles. The molecule has 0 bridgehead atoms. The van der Waals surface area contributed by atoms with Crippen molar-refractivity contribution in [2.24, 2.45) is 29.6 Å². The lowest BCUT2D eigenvalue weighted by atomic mass is 9.80. The van der Waals surface area contributed by atoms with Gasteiger partial charge in [-0.15, -0.1) is 0 Å². The maximum absolute atomic E-state index is 13.9. The van der Waals surface area contributed by atoms with Gasteiger partial charge in [0.25, 0.3) is 0 Å². The van der Waals surface area contributed by atoms with Crippen LogP contribution in [0.15, 0.2) is 24.3 Å². The number of amides is 1. The summed E-state index contributed by atoms with van der Waals surface area (Å²) in [6.45, 7) is 6.85. The number of ketones is 3. The van der Waals surface area contributed by atoms with Crippen molar-refractivity contribution in [2.75, 3.05) is 46.6 Å². The van der Waals surface area contributed by atoms with Gasteiger partial charge in [-0.1, -0.05) is 19.1 Å². The van der Waals surface area contributed by atoms with E-state index in [0.29, 0.717) is 64.0 Å². The minimum Gasteiger partial charge on any atom is -0.497 e. The molecular weight excluding hydrogens is 536 g/mol. The lowest BCUT2D eigenvalue weighted by Crippen LogP contribution is -2.46. The van der Waals surface area contributed by atoms with Crippen molar-refractivity contribution in [3.8, 4) is 5.75 Å². The van der Waals surface area contributed by atoms with E-state index in [0.717, 1.165) is 30.2 Å². The van der Waals surface area contributed by atoms with Crippen molar-refractivity contribution in [3.63, 3.8) is 0 Å². The van der Waals surface area contributed by atoms with Gasteiger partial charge in [0.15, 0.2) is 11.6 Å². The molecule has 0 radical (unpaired) electrons. The molecule has 6 unspecified atom stereocenters. The lowest BCUT2D eigenvalue weighted by molar-refractivity contribution is -0.134. The molecule has 9 nitrogen and oxygen atoms in total. The zero-order valence-corrected chi connectivity index (χ0v) is 25.3. The van der Waals surface area contributed by atoms with Crippen molar-refractivity contribution in [3.05, 3.63) is 29.8 Å². The van der Waals surface area contributed by atoms with E-state index in [-0.39, 0.29) is 36.1 Å². The fourth-order valence-corrected chi connectivity index (χ4v) is 6.85. The van der Waals surface area contributed by atoms with E-state index in [1.807, 2.05) is 36.1 Å². The molecule has 42 heavy (non-hydrogen) atoms. The van der Waals surface area contributed by atoms with Gasteiger partial charge in [0, 0.05) is 37.8 Å². The number of nitrogens with one attached hydrogen (secondary N) is 1. The first-order valence-electron chi connectivity index (χ1n) is 15.6. The third-order valence-corrected chi connectivity index (χ3v) is 9.67. The second-order valence-corrected chi connectivity index (χ2v) is 13.2. The Balaban J connectivity index is 1.25. The molecule has 0 aromatic heterocycles. The number of morpholine rings is 1. The molecule has 1 N–H and O–H groups in total. The van der Waals surface area contributed by atoms with Crippen LogP contribution in [-0.2, 0) is 35.1 Å². The van der Waals surface area contributed by atoms with E-state index in [1.165, 1.54) is 6.42 Å². The van der Waals surface area contributed by atoms with Crippen LogP contribution in [0, 0.1) is 29.6 Å². The molecule has 4 fully saturated rings. The third-order valence-electron chi connectivity index (χ3n) is 9.67. The number of carbonyl (C=O) groups excluding carboxylic acids is 4. The molecule has 1 amide bonds. The summed E-state index contributed by atoms with van der Waals surface area (Å²) in [5.41, 5.74) is 0.0815. The van der Waals surface area contributed by atoms with Crippen LogP contribution in [0.25, 0.3) is 0 Å². The maximum atomic E-state index is 13.9. The number of methoxy groups -OCH3 is 1. The summed E-state index contributed by atoms with van der Waals surface area (Å²) >= 11 is 0. The van der Waals surface area contributed by atoms with Gasteiger partial charge in [-0.05, 0) is 74.5 Å². The minimum absolute atomic E-state index is 0.00414. The first-order valence-corrected chi connectivity index (χ1v) is 15.6. The van der Waals surface area contributed by atoms with Crippen LogP contribution < -0.4 is 10.1 Å². The standard InChI is InChI=1S/C33H46N2O7/c1-21(12-27(36)19-35-8-10-41-11-9-35)32(39)34-29(16-22-4-6-28(40-3)7-5-22)30(37)18-26(31(38)33(2)20-42-33)15-23-13-24-17-25(24)14-23/h4-7,21,23-26,29H,8-20H2,1-3H3,(H,34,39). The van der Waals surface area contributed by atoms with Crippen LogP contribution in [0.3, 0.4) is 0 Å². The molecule has 9 heteroatoms. The highest BCUT2D eigenvalue weighted by Gasteiger charge is 2.52. The SMILES string of the molecule is COc1ccc(CC(NC(=O)C(C)CC(=O)CN2CCOCC2)C(=O)CC(CC2CC3CC3C2)C(=O)C2(C)CO2)cc1. The molecule has 2 aliphatic carbocycles. The number of hydrogen-bond donors (Lipinski definition) is 1. The van der Waals surface area contributed by atoms with Crippen molar-refractivity contribution in [1.82, 2.24) is 10.2 Å². The summed E-state index contributed by atoms with van der Waals surface area (Å²) < 4.78 is 16.1. The lowest BCUT2D eigenvalue weighted by Gasteiger charge is -2.27. The summed E-state index contributed by atoms with van der Waals surface area (Å²) in [7, 11) is 1.60. The monoisotopic (exact) mass is 582 g/mol. The van der Waals surface area contributed by atoms with Gasteiger partial charge in [0.05, 0.1) is 39.5 Å². The van der Waals surface area contributed by atoms with E-state index in [4.69, 9.17) is 14.2 Å². The van der Waals surface area contributed by atoms with E-state index >= 15 is 0 Å². The van der Waals surface area contributed by atoms with Gasteiger partial charge in [-0.2, -0.15) is 0 Å². The fraction of sp³-hybridized carbons (Fsp3) is 0.697. The number of benzene rings is 1. The number of ether oxygens (including phenoxy) is 3. The minimum atomic E-state index is -0.803. The van der Waals surface area contributed by atoms with E-state index < -0.39 is 23.5 Å². The third kappa shape index (κ3) is 8.05. The highest BCUT2D eigenvalue weighted by Crippen LogP contribution is 2.56. The van der Waals surface area contributed by atoms with Crippen molar-refractivity contribution in [2.45, 2.75) is 70.4 Å². The van der Waals surface area contributed by atoms with Crippen LogP contribution in [0.1, 0.15) is 57.9 Å². The number of carbonyl (C=O) groups is 4. The quantitative estimate of drug-likeness (QED) is 0.296. The van der Waals surface area contributed by atoms with E-state index in [9.17, 15) is 19.2 Å². The molecule has 2 heterocycles. The van der Waals surface area contributed by atoms with Crippen molar-refractivity contribution >= 4 is 23.3 Å². The Morgan fingerprint density at radius 2 is 1.71 bits per heavy atom. The molecule has 2 saturated carbocycles. The summed E-state index contributed by atoms with van der Waals surface area (Å²) in [5, 5.41) is 2.96. The molecule has 1 aromatic rings. The van der Waals surface area contributed by atoms with Gasteiger partial charge in [0.1, 0.15) is 17.1 Å². The largest absolute Gasteiger partial charge is 0.497 e. The molecule has 5 rings (SSSR count). The number of nitrogens with zero attached hydrogens (tertiary/aromatic N) is 1. The summed E-state index contributed by atoms with van der Waals surface area (Å²) in [6, 6.07) is 6.62. The predicted molar refractivity (Wildman–Crippen MR) is 156 cm³/mol. The Morgan fingerprint density at radius 1 is 1.05 bits per heavy atom. The average molecular weight is 583 g/mol. The molecule has 2 saturated heterocycles. The van der Waals surface area contributed by atoms with Crippen LogP contribution in [-0.4, -0.2) is 86.4 Å². The van der Waals surface area contributed by atoms with Gasteiger partial charge < -0.3 is 19.5 Å². The van der Waals surface area contributed by atoms with Gasteiger partial charge in [0.2, 0.25) is 5.91 Å². The van der Waals surface area contributed by atoms with Crippen molar-refractivity contribution < 1.29 is 33.4 Å². The van der Waals surface area contributed by atoms with Crippen LogP contribution >= 0.6 is 0 Å². The predicted octanol–water partition coefficient (Wildman–Crippen LogP) is 3.02. The second kappa shape index (κ2) is 13.3.